The van der Waals surface area contributed by atoms with Crippen LogP contribution in [0, 0.1) is 0 Å². The number of hydrogen-bond donors (Lipinski definition) is 1. The summed E-state index contributed by atoms with van der Waals surface area (Å²) in [6.45, 7) is 4.73. The number of nitrogens with zero attached hydrogens (tertiary/aromatic N) is 1. The van der Waals surface area contributed by atoms with Gasteiger partial charge in [0, 0.05) is 12.6 Å². The molecule has 0 spiro atoms. The van der Waals surface area contributed by atoms with E-state index < -0.39 is 0 Å². The summed E-state index contributed by atoms with van der Waals surface area (Å²) >= 11 is 0. The van der Waals surface area contributed by atoms with E-state index in [4.69, 9.17) is 5.11 Å². The monoisotopic (exact) mass is 233 g/mol. The van der Waals surface area contributed by atoms with Crippen LogP contribution in [-0.4, -0.2) is 22.6 Å². The Morgan fingerprint density at radius 1 is 1.18 bits per heavy atom. The van der Waals surface area contributed by atoms with Crippen molar-refractivity contribution < 1.29 is 5.11 Å². The van der Waals surface area contributed by atoms with Crippen molar-refractivity contribution >= 4 is 0 Å². The number of benzene rings is 1. The Bertz CT molecular complexity index is 333. The third-order valence-electron chi connectivity index (χ3n) is 3.81. The molecule has 1 aromatic rings. The van der Waals surface area contributed by atoms with Crippen molar-refractivity contribution in [2.75, 3.05) is 6.54 Å². The molecule has 0 radical (unpaired) electrons. The number of likely N-dealkylation sites (tertiary alicyclic amines) is 1. The van der Waals surface area contributed by atoms with Gasteiger partial charge >= 0.3 is 0 Å². The van der Waals surface area contributed by atoms with E-state index in [0.717, 1.165) is 18.2 Å². The van der Waals surface area contributed by atoms with E-state index in [1.54, 1.807) is 0 Å². The molecule has 0 saturated carbocycles. The van der Waals surface area contributed by atoms with Crippen LogP contribution in [0.4, 0.5) is 0 Å². The summed E-state index contributed by atoms with van der Waals surface area (Å²) in [6.07, 6.45) is 5.34. The lowest BCUT2D eigenvalue weighted by Crippen LogP contribution is -2.38. The van der Waals surface area contributed by atoms with Crippen LogP contribution in [0.5, 0.6) is 0 Å². The van der Waals surface area contributed by atoms with Crippen molar-refractivity contribution in [1.29, 1.82) is 0 Å². The molecule has 1 aliphatic heterocycles. The Morgan fingerprint density at radius 3 is 2.53 bits per heavy atom. The van der Waals surface area contributed by atoms with Gasteiger partial charge in [-0.25, -0.2) is 0 Å². The summed E-state index contributed by atoms with van der Waals surface area (Å²) in [5, 5.41) is 9.02. The quantitative estimate of drug-likeness (QED) is 0.864. The SMILES string of the molecule is CCC1CCCCN1Cc1ccc(CO)cc1. The lowest BCUT2D eigenvalue weighted by atomic mass is 9.99. The van der Waals surface area contributed by atoms with Crippen molar-refractivity contribution in [2.45, 2.75) is 51.8 Å². The number of aliphatic hydroxyl groups excluding tert-OH is 1. The van der Waals surface area contributed by atoms with E-state index >= 15 is 0 Å². The Balaban J connectivity index is 1.98. The lowest BCUT2D eigenvalue weighted by Gasteiger charge is -2.35. The Morgan fingerprint density at radius 2 is 1.88 bits per heavy atom. The second-order valence-corrected chi connectivity index (χ2v) is 5.00. The van der Waals surface area contributed by atoms with Crippen LogP contribution >= 0.6 is 0 Å². The molecule has 1 fully saturated rings. The molecule has 0 aromatic heterocycles. The van der Waals surface area contributed by atoms with Gasteiger partial charge in [-0.2, -0.15) is 0 Å². The van der Waals surface area contributed by atoms with E-state index in [-0.39, 0.29) is 6.61 Å². The van der Waals surface area contributed by atoms with Gasteiger partial charge in [-0.3, -0.25) is 4.90 Å². The highest BCUT2D eigenvalue weighted by molar-refractivity contribution is 5.22. The average molecular weight is 233 g/mol. The van der Waals surface area contributed by atoms with Gasteiger partial charge in [0.2, 0.25) is 0 Å². The number of hydrogen-bond acceptors (Lipinski definition) is 2. The minimum Gasteiger partial charge on any atom is -0.392 e. The van der Waals surface area contributed by atoms with E-state index in [1.165, 1.54) is 37.8 Å². The highest BCUT2D eigenvalue weighted by atomic mass is 16.3. The zero-order valence-corrected chi connectivity index (χ0v) is 10.7. The van der Waals surface area contributed by atoms with E-state index in [1.807, 2.05) is 12.1 Å². The predicted octanol–water partition coefficient (Wildman–Crippen LogP) is 2.94. The number of aliphatic hydroxyl groups is 1. The first-order valence-corrected chi connectivity index (χ1v) is 6.76. The second kappa shape index (κ2) is 6.18. The van der Waals surface area contributed by atoms with Crippen molar-refractivity contribution in [3.8, 4) is 0 Å². The summed E-state index contributed by atoms with van der Waals surface area (Å²) in [5.74, 6) is 0. The maximum absolute atomic E-state index is 9.02. The fourth-order valence-corrected chi connectivity index (χ4v) is 2.72. The topological polar surface area (TPSA) is 23.5 Å². The molecule has 2 heteroatoms. The van der Waals surface area contributed by atoms with E-state index in [0.29, 0.717) is 0 Å². The van der Waals surface area contributed by atoms with Gasteiger partial charge in [0.05, 0.1) is 6.61 Å². The molecule has 1 atom stereocenters. The summed E-state index contributed by atoms with van der Waals surface area (Å²) in [6, 6.07) is 9.11. The van der Waals surface area contributed by atoms with Crippen LogP contribution in [0.15, 0.2) is 24.3 Å². The maximum atomic E-state index is 9.02. The Kier molecular flexibility index (Phi) is 4.57. The zero-order chi connectivity index (χ0) is 12.1. The minimum absolute atomic E-state index is 0.140. The molecule has 17 heavy (non-hydrogen) atoms. The molecule has 0 bridgehead atoms. The van der Waals surface area contributed by atoms with E-state index in [9.17, 15) is 0 Å². The fourth-order valence-electron chi connectivity index (χ4n) is 2.72. The highest BCUT2D eigenvalue weighted by Gasteiger charge is 2.20. The molecule has 2 nitrogen and oxygen atoms in total. The molecule has 94 valence electrons. The van der Waals surface area contributed by atoms with Crippen LogP contribution in [0.2, 0.25) is 0 Å². The molecule has 1 N–H and O–H groups in total. The standard InChI is InChI=1S/C15H23NO/c1-2-15-5-3-4-10-16(15)11-13-6-8-14(12-17)9-7-13/h6-9,15,17H,2-5,10-12H2,1H3. The van der Waals surface area contributed by atoms with Gasteiger partial charge in [-0.05, 0) is 36.9 Å². The van der Waals surface area contributed by atoms with Crippen molar-refractivity contribution in [2.24, 2.45) is 0 Å². The van der Waals surface area contributed by atoms with Crippen molar-refractivity contribution in [3.63, 3.8) is 0 Å². The van der Waals surface area contributed by atoms with Crippen LogP contribution in [-0.2, 0) is 13.2 Å². The van der Waals surface area contributed by atoms with Gasteiger partial charge in [-0.15, -0.1) is 0 Å². The largest absolute Gasteiger partial charge is 0.392 e. The summed E-state index contributed by atoms with van der Waals surface area (Å²) in [4.78, 5) is 2.61. The van der Waals surface area contributed by atoms with Crippen LogP contribution in [0.1, 0.15) is 43.7 Å². The van der Waals surface area contributed by atoms with Gasteiger partial charge in [0.15, 0.2) is 0 Å². The first-order valence-electron chi connectivity index (χ1n) is 6.76. The molecule has 1 heterocycles. The molecule has 0 aliphatic carbocycles. The van der Waals surface area contributed by atoms with Crippen molar-refractivity contribution in [1.82, 2.24) is 4.90 Å². The van der Waals surface area contributed by atoms with Gasteiger partial charge in [0.1, 0.15) is 0 Å². The van der Waals surface area contributed by atoms with Crippen molar-refractivity contribution in [3.05, 3.63) is 35.4 Å². The number of rotatable bonds is 4. The molecule has 1 saturated heterocycles. The van der Waals surface area contributed by atoms with E-state index in [2.05, 4.69) is 24.0 Å². The molecule has 0 amide bonds. The molecular weight excluding hydrogens is 210 g/mol. The summed E-state index contributed by atoms with van der Waals surface area (Å²) < 4.78 is 0. The molecule has 1 aliphatic rings. The minimum atomic E-state index is 0.140. The van der Waals surface area contributed by atoms with Crippen LogP contribution in [0.25, 0.3) is 0 Å². The van der Waals surface area contributed by atoms with Gasteiger partial charge in [0.25, 0.3) is 0 Å². The second-order valence-electron chi connectivity index (χ2n) is 5.00. The first-order chi connectivity index (χ1) is 8.33. The zero-order valence-electron chi connectivity index (χ0n) is 10.7. The lowest BCUT2D eigenvalue weighted by molar-refractivity contribution is 0.136. The molecule has 1 unspecified atom stereocenters. The predicted molar refractivity (Wildman–Crippen MR) is 70.7 cm³/mol. The Labute approximate surface area is 104 Å². The molecular formula is C15H23NO. The molecule has 1 aromatic carbocycles. The third-order valence-corrected chi connectivity index (χ3v) is 3.81. The maximum Gasteiger partial charge on any atom is 0.0681 e. The average Bonchev–Trinajstić information content (AvgIpc) is 2.40. The Hall–Kier alpha value is -0.860. The first kappa shape index (κ1) is 12.6. The summed E-state index contributed by atoms with van der Waals surface area (Å²) in [5.41, 5.74) is 2.36. The normalized spacial score (nSPS) is 21.6. The van der Waals surface area contributed by atoms with Gasteiger partial charge < -0.3 is 5.11 Å². The fraction of sp³-hybridized carbons (Fsp3) is 0.600. The molecule has 2 rings (SSSR count). The van der Waals surface area contributed by atoms with Gasteiger partial charge in [-0.1, -0.05) is 37.6 Å². The van der Waals surface area contributed by atoms with Crippen LogP contribution < -0.4 is 0 Å². The number of piperidine rings is 1. The smallest absolute Gasteiger partial charge is 0.0681 e. The summed E-state index contributed by atoms with van der Waals surface area (Å²) in [7, 11) is 0. The highest BCUT2D eigenvalue weighted by Crippen LogP contribution is 2.21. The third kappa shape index (κ3) is 3.30. The van der Waals surface area contributed by atoms with Crippen LogP contribution in [0.3, 0.4) is 0 Å².